The van der Waals surface area contributed by atoms with E-state index in [9.17, 15) is 13.2 Å². The van der Waals surface area contributed by atoms with E-state index in [1.54, 1.807) is 0 Å². The molecule has 0 radical (unpaired) electrons. The molecule has 2 aliphatic rings. The molecule has 0 N–H and O–H groups in total. The maximum atomic E-state index is 12.9. The van der Waals surface area contributed by atoms with E-state index in [1.807, 2.05) is 62.1 Å². The molecule has 2 fully saturated rings. The molecule has 2 aromatic carbocycles. The summed E-state index contributed by atoms with van der Waals surface area (Å²) in [6.45, 7) is 6.70. The van der Waals surface area contributed by atoms with Crippen LogP contribution >= 0.6 is 27.7 Å². The number of amides is 1. The van der Waals surface area contributed by atoms with Crippen molar-refractivity contribution in [2.75, 3.05) is 29.6 Å². The minimum absolute atomic E-state index is 0.0133. The van der Waals surface area contributed by atoms with Gasteiger partial charge in [0, 0.05) is 21.9 Å². The first-order chi connectivity index (χ1) is 16.2. The Morgan fingerprint density at radius 2 is 1.85 bits per heavy atom. The molecule has 182 valence electrons. The molecule has 0 spiro atoms. The van der Waals surface area contributed by atoms with Crippen LogP contribution in [0.15, 0.2) is 45.9 Å². The summed E-state index contributed by atoms with van der Waals surface area (Å²) in [5, 5.41) is 0.319. The van der Waals surface area contributed by atoms with Crippen LogP contribution in [0.5, 0.6) is 11.5 Å². The van der Waals surface area contributed by atoms with E-state index < -0.39 is 9.84 Å². The minimum Gasteiger partial charge on any atom is -0.490 e. The SMILES string of the molecule is CCOc1cc(Br)c(N2C(=NC(=O)Cc3cccc(C)c3)S[C@@H]3CS(=O)(=O)C[C@H]32)cc1OCC. The third-order valence-electron chi connectivity index (χ3n) is 5.60. The highest BCUT2D eigenvalue weighted by Crippen LogP contribution is 2.46. The molecule has 0 aliphatic carbocycles. The second-order valence-corrected chi connectivity index (χ2v) is 12.5. The standard InChI is InChI=1S/C24H27BrN2O5S2/c1-4-31-20-11-17(25)18(12-21(20)32-5-2)27-19-13-34(29,30)14-22(19)33-24(27)26-23(28)10-16-8-6-7-15(3)9-16/h6-9,11-12,19,22H,4-5,10,13-14H2,1-3H3/t19-,22-/m1/s1. The molecular formula is C24H27BrN2O5S2. The van der Waals surface area contributed by atoms with Crippen LogP contribution in [-0.4, -0.2) is 55.5 Å². The largest absolute Gasteiger partial charge is 0.490 e. The zero-order chi connectivity index (χ0) is 24.5. The zero-order valence-corrected chi connectivity index (χ0v) is 22.5. The highest BCUT2D eigenvalue weighted by atomic mass is 79.9. The van der Waals surface area contributed by atoms with Crippen molar-refractivity contribution >= 4 is 54.3 Å². The van der Waals surface area contributed by atoms with Gasteiger partial charge < -0.3 is 14.4 Å². The summed E-state index contributed by atoms with van der Waals surface area (Å²) in [4.78, 5) is 19.2. The van der Waals surface area contributed by atoms with Gasteiger partial charge in [-0.05, 0) is 42.3 Å². The number of carbonyl (C=O) groups is 1. The van der Waals surface area contributed by atoms with Crippen molar-refractivity contribution in [1.29, 1.82) is 0 Å². The van der Waals surface area contributed by atoms with E-state index in [1.165, 1.54) is 11.8 Å². The molecule has 10 heteroatoms. The van der Waals surface area contributed by atoms with Crippen molar-refractivity contribution < 1.29 is 22.7 Å². The average Bonchev–Trinajstić information content (AvgIpc) is 3.21. The second kappa shape index (κ2) is 10.3. The number of sulfone groups is 1. The molecule has 0 saturated carbocycles. The lowest BCUT2D eigenvalue weighted by atomic mass is 10.1. The number of nitrogens with zero attached hydrogens (tertiary/aromatic N) is 2. The smallest absolute Gasteiger partial charge is 0.252 e. The van der Waals surface area contributed by atoms with E-state index in [2.05, 4.69) is 20.9 Å². The first-order valence-electron chi connectivity index (χ1n) is 11.1. The van der Waals surface area contributed by atoms with Gasteiger partial charge in [-0.15, -0.1) is 0 Å². The fourth-order valence-electron chi connectivity index (χ4n) is 4.23. The number of halogens is 1. The van der Waals surface area contributed by atoms with Gasteiger partial charge in [-0.2, -0.15) is 4.99 Å². The van der Waals surface area contributed by atoms with Crippen molar-refractivity contribution in [3.8, 4) is 11.5 Å². The summed E-state index contributed by atoms with van der Waals surface area (Å²) in [5.41, 5.74) is 2.68. The number of hydrogen-bond donors (Lipinski definition) is 0. The van der Waals surface area contributed by atoms with Crippen molar-refractivity contribution in [3.05, 3.63) is 52.0 Å². The van der Waals surface area contributed by atoms with Crippen molar-refractivity contribution in [2.45, 2.75) is 38.5 Å². The van der Waals surface area contributed by atoms with Gasteiger partial charge >= 0.3 is 0 Å². The van der Waals surface area contributed by atoms with Crippen LogP contribution < -0.4 is 14.4 Å². The number of amidine groups is 1. The Morgan fingerprint density at radius 1 is 1.15 bits per heavy atom. The number of fused-ring (bicyclic) bond motifs is 1. The summed E-state index contributed by atoms with van der Waals surface area (Å²) in [7, 11) is -3.18. The molecule has 2 atom stereocenters. The fraction of sp³-hybridized carbons (Fsp3) is 0.417. The highest BCUT2D eigenvalue weighted by molar-refractivity contribution is 9.10. The number of benzene rings is 2. The Bertz CT molecular complexity index is 1230. The predicted molar refractivity (Wildman–Crippen MR) is 140 cm³/mol. The van der Waals surface area contributed by atoms with Crippen molar-refractivity contribution in [1.82, 2.24) is 0 Å². The Labute approximate surface area is 213 Å². The molecule has 7 nitrogen and oxygen atoms in total. The Balaban J connectivity index is 1.72. The van der Waals surface area contributed by atoms with Gasteiger partial charge in [-0.3, -0.25) is 4.79 Å². The van der Waals surface area contributed by atoms with Crippen LogP contribution in [0.1, 0.15) is 25.0 Å². The lowest BCUT2D eigenvalue weighted by Gasteiger charge is -2.27. The van der Waals surface area contributed by atoms with Crippen LogP contribution in [0.25, 0.3) is 0 Å². The molecule has 0 bridgehead atoms. The van der Waals surface area contributed by atoms with Gasteiger partial charge in [0.2, 0.25) is 0 Å². The van der Waals surface area contributed by atoms with Crippen LogP contribution in [0.3, 0.4) is 0 Å². The van der Waals surface area contributed by atoms with Crippen molar-refractivity contribution in [2.24, 2.45) is 4.99 Å². The minimum atomic E-state index is -3.18. The molecule has 4 rings (SSSR count). The lowest BCUT2D eigenvalue weighted by molar-refractivity contribution is -0.117. The average molecular weight is 568 g/mol. The van der Waals surface area contributed by atoms with E-state index in [0.29, 0.717) is 40.0 Å². The number of ether oxygens (including phenoxy) is 2. The quantitative estimate of drug-likeness (QED) is 0.491. The van der Waals surface area contributed by atoms with E-state index in [0.717, 1.165) is 11.1 Å². The number of anilines is 1. The van der Waals surface area contributed by atoms with E-state index in [4.69, 9.17) is 9.47 Å². The molecule has 2 heterocycles. The summed E-state index contributed by atoms with van der Waals surface area (Å²) in [6, 6.07) is 11.1. The molecule has 2 aliphatic heterocycles. The van der Waals surface area contributed by atoms with Gasteiger partial charge in [0.25, 0.3) is 5.91 Å². The number of hydrogen-bond acceptors (Lipinski definition) is 6. The number of aliphatic imine (C=N–C) groups is 1. The Kier molecular flexibility index (Phi) is 7.59. The topological polar surface area (TPSA) is 85.3 Å². The van der Waals surface area contributed by atoms with Crippen LogP contribution in [0, 0.1) is 6.92 Å². The van der Waals surface area contributed by atoms with Crippen LogP contribution in [-0.2, 0) is 21.1 Å². The molecule has 1 amide bonds. The van der Waals surface area contributed by atoms with E-state index in [-0.39, 0.29) is 35.1 Å². The molecule has 2 aromatic rings. The van der Waals surface area contributed by atoms with Gasteiger partial charge in [0.15, 0.2) is 26.5 Å². The summed E-state index contributed by atoms with van der Waals surface area (Å²) >= 11 is 4.97. The van der Waals surface area contributed by atoms with Gasteiger partial charge in [-0.25, -0.2) is 8.42 Å². The summed E-state index contributed by atoms with van der Waals surface area (Å²) < 4.78 is 37.1. The number of thioether (sulfide) groups is 1. The third kappa shape index (κ3) is 5.44. The van der Waals surface area contributed by atoms with Gasteiger partial charge in [0.05, 0.1) is 42.9 Å². The first kappa shape index (κ1) is 25.1. The molecule has 0 aromatic heterocycles. The normalized spacial score (nSPS) is 22.1. The lowest BCUT2D eigenvalue weighted by Crippen LogP contribution is -2.38. The van der Waals surface area contributed by atoms with Gasteiger partial charge in [-0.1, -0.05) is 41.6 Å². The van der Waals surface area contributed by atoms with Crippen LogP contribution in [0.4, 0.5) is 5.69 Å². The number of aryl methyl sites for hydroxylation is 1. The number of carbonyl (C=O) groups excluding carboxylic acids is 1. The third-order valence-corrected chi connectivity index (χ3v) is 9.44. The predicted octanol–water partition coefficient (Wildman–Crippen LogP) is 4.40. The number of rotatable bonds is 7. The zero-order valence-electron chi connectivity index (χ0n) is 19.3. The Hall–Kier alpha value is -2.04. The molecule has 34 heavy (non-hydrogen) atoms. The van der Waals surface area contributed by atoms with Crippen molar-refractivity contribution in [3.63, 3.8) is 0 Å². The van der Waals surface area contributed by atoms with Crippen LogP contribution in [0.2, 0.25) is 0 Å². The summed E-state index contributed by atoms with van der Waals surface area (Å²) in [6.07, 6.45) is 0.182. The maximum Gasteiger partial charge on any atom is 0.252 e. The first-order valence-corrected chi connectivity index (χ1v) is 14.6. The summed E-state index contributed by atoms with van der Waals surface area (Å²) in [5.74, 6) is 0.961. The molecule has 0 unspecified atom stereocenters. The highest BCUT2D eigenvalue weighted by Gasteiger charge is 2.50. The maximum absolute atomic E-state index is 12.9. The second-order valence-electron chi connectivity index (χ2n) is 8.24. The fourth-order valence-corrected chi connectivity index (χ4v) is 8.67. The van der Waals surface area contributed by atoms with E-state index >= 15 is 0 Å². The monoisotopic (exact) mass is 566 g/mol. The molecule has 2 saturated heterocycles. The molecular weight excluding hydrogens is 540 g/mol. The van der Waals surface area contributed by atoms with Gasteiger partial charge in [0.1, 0.15) is 0 Å². The Morgan fingerprint density at radius 3 is 2.53 bits per heavy atom.